The van der Waals surface area contributed by atoms with E-state index < -0.39 is 44.6 Å². The average Bonchev–Trinajstić information content (AvgIpc) is 3.02. The monoisotopic (exact) mass is 688 g/mol. The molecular formula is C32H29Cl3F2N6O3. The first-order valence-corrected chi connectivity index (χ1v) is 15.5. The number of aromatic nitrogens is 2. The number of nitriles is 1. The van der Waals surface area contributed by atoms with Crippen molar-refractivity contribution in [2.75, 3.05) is 24.5 Å². The van der Waals surface area contributed by atoms with Gasteiger partial charge in [-0.2, -0.15) is 5.26 Å². The maximum Gasteiger partial charge on any atom is 0.272 e. The van der Waals surface area contributed by atoms with Crippen molar-refractivity contribution in [1.29, 1.82) is 5.26 Å². The predicted molar refractivity (Wildman–Crippen MR) is 176 cm³/mol. The van der Waals surface area contributed by atoms with E-state index in [4.69, 9.17) is 34.8 Å². The summed E-state index contributed by atoms with van der Waals surface area (Å²) in [6.45, 7) is 11.9. The summed E-state index contributed by atoms with van der Waals surface area (Å²) in [4.78, 5) is 39.6. The van der Waals surface area contributed by atoms with Crippen molar-refractivity contribution >= 4 is 63.1 Å². The Morgan fingerprint density at radius 3 is 2.50 bits per heavy atom. The van der Waals surface area contributed by atoms with Crippen LogP contribution in [0.2, 0.25) is 15.1 Å². The van der Waals surface area contributed by atoms with Crippen molar-refractivity contribution in [3.05, 3.63) is 73.6 Å². The first-order valence-electron chi connectivity index (χ1n) is 14.4. The Labute approximate surface area is 278 Å². The molecule has 5 rings (SSSR count). The number of carbonyl (C=O) groups is 1. The number of rotatable bonds is 5. The Kier molecular flexibility index (Phi) is 9.19. The first-order chi connectivity index (χ1) is 21.7. The number of halogens is 5. The highest BCUT2D eigenvalue weighted by molar-refractivity contribution is 6.40. The summed E-state index contributed by atoms with van der Waals surface area (Å²) in [7, 11) is 0. The SMILES string of the molecule is C=CC(=O)N1CCN(c2c(C#N)c(=O)n(C3C(C(C)C)=NC=CC3C)c3nc(-c4c(F)c(F)c(Cl)c(O)c4Cl)c(Cl)cc23)C[C@H]1C. The first kappa shape index (κ1) is 33.4. The number of aromatic hydroxyl groups is 1. The third kappa shape index (κ3) is 5.32. The van der Waals surface area contributed by atoms with E-state index >= 15 is 4.39 Å². The molecule has 2 unspecified atom stereocenters. The van der Waals surface area contributed by atoms with Gasteiger partial charge >= 0.3 is 0 Å². The predicted octanol–water partition coefficient (Wildman–Crippen LogP) is 6.90. The number of fused-ring (bicyclic) bond motifs is 1. The van der Waals surface area contributed by atoms with Crippen LogP contribution in [0.3, 0.4) is 0 Å². The maximum atomic E-state index is 15.5. The Morgan fingerprint density at radius 2 is 1.89 bits per heavy atom. The van der Waals surface area contributed by atoms with Crippen LogP contribution < -0.4 is 10.5 Å². The van der Waals surface area contributed by atoms with Crippen LogP contribution in [0, 0.1) is 34.8 Å². The van der Waals surface area contributed by atoms with Gasteiger partial charge in [-0.05, 0) is 25.0 Å². The lowest BCUT2D eigenvalue weighted by molar-refractivity contribution is -0.128. The molecule has 1 amide bonds. The van der Waals surface area contributed by atoms with Gasteiger partial charge in [0.25, 0.3) is 5.56 Å². The molecule has 0 saturated carbocycles. The molecule has 0 bridgehead atoms. The molecule has 14 heteroatoms. The van der Waals surface area contributed by atoms with Crippen molar-refractivity contribution in [2.24, 2.45) is 16.8 Å². The highest BCUT2D eigenvalue weighted by atomic mass is 35.5. The number of amides is 1. The van der Waals surface area contributed by atoms with Gasteiger partial charge in [0.1, 0.15) is 22.3 Å². The fourth-order valence-electron chi connectivity index (χ4n) is 6.16. The Bertz CT molecular complexity index is 1940. The van der Waals surface area contributed by atoms with Crippen LogP contribution in [0.1, 0.15) is 39.3 Å². The summed E-state index contributed by atoms with van der Waals surface area (Å²) in [5.74, 6) is -4.63. The van der Waals surface area contributed by atoms with Crippen LogP contribution in [0.15, 0.2) is 40.8 Å². The van der Waals surface area contributed by atoms with Gasteiger partial charge in [-0.15, -0.1) is 0 Å². The number of hydrogen-bond donors (Lipinski definition) is 1. The molecule has 4 heterocycles. The molecule has 1 fully saturated rings. The molecule has 0 radical (unpaired) electrons. The number of piperazine rings is 1. The third-order valence-electron chi connectivity index (χ3n) is 8.38. The van der Waals surface area contributed by atoms with E-state index in [2.05, 4.69) is 22.6 Å². The van der Waals surface area contributed by atoms with Gasteiger partial charge < -0.3 is 14.9 Å². The zero-order valence-electron chi connectivity index (χ0n) is 25.3. The van der Waals surface area contributed by atoms with Crippen molar-refractivity contribution in [1.82, 2.24) is 14.5 Å². The zero-order valence-corrected chi connectivity index (χ0v) is 27.6. The largest absolute Gasteiger partial charge is 0.505 e. The molecule has 1 N–H and O–H groups in total. The molecule has 2 aliphatic heterocycles. The Hall–Kier alpha value is -3.98. The minimum Gasteiger partial charge on any atom is -0.505 e. The molecule has 240 valence electrons. The van der Waals surface area contributed by atoms with E-state index in [1.165, 1.54) is 16.7 Å². The van der Waals surface area contributed by atoms with Crippen LogP contribution >= 0.6 is 34.8 Å². The molecule has 9 nitrogen and oxygen atoms in total. The summed E-state index contributed by atoms with van der Waals surface area (Å²) >= 11 is 18.7. The van der Waals surface area contributed by atoms with E-state index in [-0.39, 0.29) is 76.4 Å². The second kappa shape index (κ2) is 12.7. The van der Waals surface area contributed by atoms with Crippen LogP contribution in [0.25, 0.3) is 22.3 Å². The molecule has 1 aromatic carbocycles. The summed E-state index contributed by atoms with van der Waals surface area (Å²) in [6, 6.07) is 2.46. The van der Waals surface area contributed by atoms with Crippen molar-refractivity contribution in [3.63, 3.8) is 0 Å². The van der Waals surface area contributed by atoms with Crippen molar-refractivity contribution in [2.45, 2.75) is 39.8 Å². The van der Waals surface area contributed by atoms with E-state index in [1.807, 2.05) is 38.7 Å². The average molecular weight is 690 g/mol. The van der Waals surface area contributed by atoms with Crippen molar-refractivity contribution in [3.8, 4) is 23.1 Å². The van der Waals surface area contributed by atoms with Gasteiger partial charge in [0.05, 0.1) is 33.0 Å². The molecule has 3 aromatic rings. The van der Waals surface area contributed by atoms with E-state index in [0.29, 0.717) is 5.71 Å². The molecule has 0 aliphatic carbocycles. The van der Waals surface area contributed by atoms with Crippen LogP contribution in [0.5, 0.6) is 5.75 Å². The Morgan fingerprint density at radius 1 is 1.20 bits per heavy atom. The number of anilines is 1. The summed E-state index contributed by atoms with van der Waals surface area (Å²) < 4.78 is 31.6. The van der Waals surface area contributed by atoms with Gasteiger partial charge in [-0.1, -0.05) is 68.2 Å². The number of pyridine rings is 2. The highest BCUT2D eigenvalue weighted by Gasteiger charge is 2.36. The summed E-state index contributed by atoms with van der Waals surface area (Å²) in [6.07, 6.45) is 4.69. The minimum atomic E-state index is -1.56. The minimum absolute atomic E-state index is 0.00136. The number of phenolic OH excluding ortho intramolecular Hbond substituents is 1. The molecule has 0 spiro atoms. The van der Waals surface area contributed by atoms with Crippen LogP contribution in [-0.2, 0) is 4.79 Å². The zero-order chi connectivity index (χ0) is 33.8. The molecule has 46 heavy (non-hydrogen) atoms. The molecule has 2 aromatic heterocycles. The lowest BCUT2D eigenvalue weighted by Gasteiger charge is -2.41. The topological polar surface area (TPSA) is 115 Å². The van der Waals surface area contributed by atoms with Crippen molar-refractivity contribution < 1.29 is 18.7 Å². The van der Waals surface area contributed by atoms with Crippen LogP contribution in [0.4, 0.5) is 14.5 Å². The van der Waals surface area contributed by atoms with Gasteiger partial charge in [0.15, 0.2) is 17.4 Å². The molecule has 1 saturated heterocycles. The molecular weight excluding hydrogens is 661 g/mol. The van der Waals surface area contributed by atoms with Crippen LogP contribution in [-0.4, -0.2) is 56.9 Å². The highest BCUT2D eigenvalue weighted by Crippen LogP contribution is 2.46. The number of carbonyl (C=O) groups excluding carboxylic acids is 1. The van der Waals surface area contributed by atoms with Gasteiger partial charge in [0, 0.05) is 48.9 Å². The summed E-state index contributed by atoms with van der Waals surface area (Å²) in [5.41, 5.74) is -1.01. The van der Waals surface area contributed by atoms with E-state index in [1.54, 1.807) is 11.1 Å². The Balaban J connectivity index is 1.89. The van der Waals surface area contributed by atoms with E-state index in [0.717, 1.165) is 0 Å². The van der Waals surface area contributed by atoms with E-state index in [9.17, 15) is 24.3 Å². The van der Waals surface area contributed by atoms with Gasteiger partial charge in [-0.3, -0.25) is 19.1 Å². The fraction of sp³-hybridized carbons (Fsp3) is 0.344. The fourth-order valence-corrected chi connectivity index (χ4v) is 6.90. The number of aliphatic imine (C=N–C) groups is 1. The number of benzene rings is 1. The normalized spacial score (nSPS) is 19.8. The molecule has 3 atom stereocenters. The number of hydrogen-bond acceptors (Lipinski definition) is 7. The van der Waals surface area contributed by atoms with Gasteiger partial charge in [0.2, 0.25) is 5.91 Å². The lowest BCUT2D eigenvalue weighted by Crippen LogP contribution is -2.54. The number of nitrogens with zero attached hydrogens (tertiary/aromatic N) is 6. The molecule has 2 aliphatic rings. The smallest absolute Gasteiger partial charge is 0.272 e. The third-order valence-corrected chi connectivity index (χ3v) is 9.38. The summed E-state index contributed by atoms with van der Waals surface area (Å²) in [5, 5.41) is 19.4. The maximum absolute atomic E-state index is 15.5. The second-order valence-electron chi connectivity index (χ2n) is 11.6. The second-order valence-corrected chi connectivity index (χ2v) is 12.7. The lowest BCUT2D eigenvalue weighted by atomic mass is 9.88. The number of allylic oxidation sites excluding steroid dienone is 1. The quantitative estimate of drug-likeness (QED) is 0.177. The van der Waals surface area contributed by atoms with Gasteiger partial charge in [-0.25, -0.2) is 13.8 Å². The number of phenols is 1. The standard InChI is InChI=1S/C32H29Cl3F2N6O3/c1-6-20(44)42-10-9-41(13-16(42)5)29-17-11-19(33)27(21-22(34)30(45)23(35)25(37)24(21)36)40-31(17)43(32(46)18(29)12-38)28-15(4)7-8-39-26(28)14(2)3/h6-8,11,14-16,28,45H,1,9-10,13H2,2-5H3/t15?,16-,28?/m1/s1.